The van der Waals surface area contributed by atoms with E-state index in [1.165, 1.54) is 5.56 Å². The van der Waals surface area contributed by atoms with Crippen LogP contribution in [0, 0.1) is 0 Å². The van der Waals surface area contributed by atoms with Crippen molar-refractivity contribution in [1.82, 2.24) is 0 Å². The van der Waals surface area contributed by atoms with Crippen molar-refractivity contribution in [2.45, 2.75) is 39.2 Å². The highest BCUT2D eigenvalue weighted by Crippen LogP contribution is 2.21. The average molecular weight is 347 g/mol. The van der Waals surface area contributed by atoms with Gasteiger partial charge in [-0.15, -0.1) is 0 Å². The first kappa shape index (κ1) is 15.9. The number of hydrogen-bond donors (Lipinski definition) is 0. The van der Waals surface area contributed by atoms with Crippen LogP contribution in [0.15, 0.2) is 53.3 Å². The molecule has 1 aromatic heterocycles. The predicted molar refractivity (Wildman–Crippen MR) is 88.4 cm³/mol. The summed E-state index contributed by atoms with van der Waals surface area (Å²) in [5, 5.41) is 0. The van der Waals surface area contributed by atoms with Crippen molar-refractivity contribution in [3.05, 3.63) is 64.4 Å². The van der Waals surface area contributed by atoms with E-state index in [-0.39, 0.29) is 5.78 Å². The van der Waals surface area contributed by atoms with Gasteiger partial charge in [-0.3, -0.25) is 4.79 Å². The monoisotopic (exact) mass is 346 g/mol. The standard InChI is InChI=1S/C18H21BrNO/c1-3-14(4-2)15-9-11-20(12-10-15)13-18(21)16-5-7-17(19)8-6-16/h5-12,14H,3-4,13H2,1-2H3/q+1. The zero-order chi connectivity index (χ0) is 15.2. The second-order valence-electron chi connectivity index (χ2n) is 5.25. The first-order valence-electron chi connectivity index (χ1n) is 7.41. The molecule has 0 aliphatic rings. The van der Waals surface area contributed by atoms with Crippen LogP contribution < -0.4 is 4.57 Å². The van der Waals surface area contributed by atoms with Crippen LogP contribution in [-0.4, -0.2) is 5.78 Å². The van der Waals surface area contributed by atoms with Crippen molar-refractivity contribution in [3.8, 4) is 0 Å². The van der Waals surface area contributed by atoms with Gasteiger partial charge in [-0.2, -0.15) is 4.57 Å². The van der Waals surface area contributed by atoms with Gasteiger partial charge in [0.2, 0.25) is 12.3 Å². The highest BCUT2D eigenvalue weighted by atomic mass is 79.9. The van der Waals surface area contributed by atoms with Crippen LogP contribution in [0.2, 0.25) is 0 Å². The Labute approximate surface area is 135 Å². The Morgan fingerprint density at radius 1 is 1.05 bits per heavy atom. The van der Waals surface area contributed by atoms with Gasteiger partial charge in [0.15, 0.2) is 12.4 Å². The predicted octanol–water partition coefficient (Wildman–Crippen LogP) is 4.52. The van der Waals surface area contributed by atoms with E-state index < -0.39 is 0 Å². The van der Waals surface area contributed by atoms with E-state index in [0.717, 1.165) is 22.9 Å². The van der Waals surface area contributed by atoms with Crippen LogP contribution in [0.1, 0.15) is 48.5 Å². The second-order valence-corrected chi connectivity index (χ2v) is 6.16. The van der Waals surface area contributed by atoms with Gasteiger partial charge in [-0.1, -0.05) is 41.9 Å². The Bertz CT molecular complexity index is 586. The van der Waals surface area contributed by atoms with Crippen LogP contribution in [0.4, 0.5) is 0 Å². The third kappa shape index (κ3) is 4.24. The molecule has 21 heavy (non-hydrogen) atoms. The van der Waals surface area contributed by atoms with E-state index in [0.29, 0.717) is 12.5 Å². The van der Waals surface area contributed by atoms with E-state index in [9.17, 15) is 4.79 Å². The Balaban J connectivity index is 2.06. The number of carbonyl (C=O) groups is 1. The molecule has 0 aliphatic heterocycles. The molecular weight excluding hydrogens is 326 g/mol. The minimum absolute atomic E-state index is 0.128. The molecule has 0 atom stereocenters. The normalized spacial score (nSPS) is 10.9. The maximum atomic E-state index is 12.2. The zero-order valence-electron chi connectivity index (χ0n) is 12.6. The van der Waals surface area contributed by atoms with Gasteiger partial charge in [0.25, 0.3) is 0 Å². The van der Waals surface area contributed by atoms with Crippen LogP contribution in [0.5, 0.6) is 0 Å². The summed E-state index contributed by atoms with van der Waals surface area (Å²) >= 11 is 3.38. The van der Waals surface area contributed by atoms with E-state index in [1.54, 1.807) is 0 Å². The Kier molecular flexibility index (Phi) is 5.68. The molecule has 0 amide bonds. The Morgan fingerprint density at radius 3 is 2.14 bits per heavy atom. The summed E-state index contributed by atoms with van der Waals surface area (Å²) in [4.78, 5) is 12.2. The number of halogens is 1. The molecule has 0 unspecified atom stereocenters. The molecule has 0 saturated heterocycles. The molecule has 0 spiro atoms. The summed E-state index contributed by atoms with van der Waals surface area (Å²) in [7, 11) is 0. The Hall–Kier alpha value is -1.48. The minimum atomic E-state index is 0.128. The van der Waals surface area contributed by atoms with Crippen LogP contribution >= 0.6 is 15.9 Å². The summed E-state index contributed by atoms with van der Waals surface area (Å²) in [5.41, 5.74) is 2.10. The summed E-state index contributed by atoms with van der Waals surface area (Å²) in [6.07, 6.45) is 6.31. The number of carbonyl (C=O) groups excluding carboxylic acids is 1. The lowest BCUT2D eigenvalue weighted by Crippen LogP contribution is -2.37. The van der Waals surface area contributed by atoms with Crippen LogP contribution in [0.3, 0.4) is 0 Å². The van der Waals surface area contributed by atoms with Gasteiger partial charge in [0, 0.05) is 22.2 Å². The lowest BCUT2D eigenvalue weighted by atomic mass is 9.95. The molecule has 0 N–H and O–H groups in total. The first-order chi connectivity index (χ1) is 10.1. The van der Waals surface area contributed by atoms with Crippen molar-refractivity contribution in [2.75, 3.05) is 0 Å². The molecule has 2 nitrogen and oxygen atoms in total. The zero-order valence-corrected chi connectivity index (χ0v) is 14.1. The molecule has 0 bridgehead atoms. The third-order valence-electron chi connectivity index (χ3n) is 3.87. The molecule has 2 rings (SSSR count). The molecule has 1 heterocycles. The summed E-state index contributed by atoms with van der Waals surface area (Å²) < 4.78 is 2.93. The average Bonchev–Trinajstić information content (AvgIpc) is 2.51. The highest BCUT2D eigenvalue weighted by molar-refractivity contribution is 9.10. The summed E-state index contributed by atoms with van der Waals surface area (Å²) in [6, 6.07) is 11.8. The van der Waals surface area contributed by atoms with E-state index in [2.05, 4.69) is 41.9 Å². The SMILES string of the molecule is CCC(CC)c1cc[n+](CC(=O)c2ccc(Br)cc2)cc1. The van der Waals surface area contributed by atoms with Crippen molar-refractivity contribution in [2.24, 2.45) is 0 Å². The van der Waals surface area contributed by atoms with E-state index in [1.807, 2.05) is 41.2 Å². The number of hydrogen-bond acceptors (Lipinski definition) is 1. The maximum Gasteiger partial charge on any atom is 0.227 e. The van der Waals surface area contributed by atoms with Gasteiger partial charge in [-0.25, -0.2) is 0 Å². The first-order valence-corrected chi connectivity index (χ1v) is 8.21. The maximum absolute atomic E-state index is 12.2. The number of rotatable bonds is 6. The van der Waals surface area contributed by atoms with Crippen molar-refractivity contribution in [1.29, 1.82) is 0 Å². The fourth-order valence-corrected chi connectivity index (χ4v) is 2.76. The van der Waals surface area contributed by atoms with Gasteiger partial charge >= 0.3 is 0 Å². The lowest BCUT2D eigenvalue weighted by molar-refractivity contribution is -0.683. The molecule has 0 radical (unpaired) electrons. The van der Waals surface area contributed by atoms with Gasteiger partial charge in [-0.05, 0) is 36.5 Å². The fraction of sp³-hybridized carbons (Fsp3) is 0.333. The summed E-state index contributed by atoms with van der Waals surface area (Å²) in [5.74, 6) is 0.740. The van der Waals surface area contributed by atoms with E-state index >= 15 is 0 Å². The molecular formula is C18H21BrNO+. The number of benzene rings is 1. The van der Waals surface area contributed by atoms with Gasteiger partial charge in [0.1, 0.15) is 0 Å². The molecule has 0 saturated carbocycles. The molecule has 2 aromatic rings. The molecule has 3 heteroatoms. The third-order valence-corrected chi connectivity index (χ3v) is 4.39. The smallest absolute Gasteiger partial charge is 0.227 e. The topological polar surface area (TPSA) is 20.9 Å². The second kappa shape index (κ2) is 7.51. The molecule has 110 valence electrons. The quantitative estimate of drug-likeness (QED) is 0.556. The Morgan fingerprint density at radius 2 is 1.62 bits per heavy atom. The fourth-order valence-electron chi connectivity index (χ4n) is 2.50. The number of Topliss-reactive ketones (excluding diaryl/α,β-unsaturated/α-hetero) is 1. The van der Waals surface area contributed by atoms with Crippen molar-refractivity contribution >= 4 is 21.7 Å². The number of nitrogens with zero attached hydrogens (tertiary/aromatic N) is 1. The minimum Gasteiger partial charge on any atom is -0.287 e. The van der Waals surface area contributed by atoms with Gasteiger partial charge in [0.05, 0.1) is 0 Å². The highest BCUT2D eigenvalue weighted by Gasteiger charge is 2.13. The van der Waals surface area contributed by atoms with Gasteiger partial charge < -0.3 is 0 Å². The molecule has 0 fully saturated rings. The van der Waals surface area contributed by atoms with Crippen LogP contribution in [-0.2, 0) is 6.54 Å². The van der Waals surface area contributed by atoms with Crippen molar-refractivity contribution in [3.63, 3.8) is 0 Å². The number of ketones is 1. The number of aromatic nitrogens is 1. The molecule has 0 aliphatic carbocycles. The van der Waals surface area contributed by atoms with Crippen molar-refractivity contribution < 1.29 is 9.36 Å². The van der Waals surface area contributed by atoms with Crippen LogP contribution in [0.25, 0.3) is 0 Å². The lowest BCUT2D eigenvalue weighted by Gasteiger charge is -2.11. The van der Waals surface area contributed by atoms with E-state index in [4.69, 9.17) is 0 Å². The number of pyridine rings is 1. The largest absolute Gasteiger partial charge is 0.287 e. The molecule has 1 aromatic carbocycles. The summed E-state index contributed by atoms with van der Waals surface area (Å²) in [6.45, 7) is 4.81.